The Bertz CT molecular complexity index is 1510. The maximum Gasteiger partial charge on any atom is 0.301 e. The van der Waals surface area contributed by atoms with Crippen LogP contribution in [0.15, 0.2) is 72.3 Å². The molecule has 188 valence electrons. The predicted octanol–water partition coefficient (Wildman–Crippen LogP) is 6.03. The summed E-state index contributed by atoms with van der Waals surface area (Å²) in [5.74, 6) is -0.345. The number of carbonyl (C=O) groups is 2. The Kier molecular flexibility index (Phi) is 6.67. The van der Waals surface area contributed by atoms with E-state index >= 15 is 0 Å². The molecule has 1 saturated heterocycles. The molecule has 0 aliphatic carbocycles. The molecule has 5 rings (SSSR count). The summed E-state index contributed by atoms with van der Waals surface area (Å²) in [5, 5.41) is 11.7. The molecule has 37 heavy (non-hydrogen) atoms. The average molecular weight is 515 g/mol. The van der Waals surface area contributed by atoms with Crippen molar-refractivity contribution in [2.75, 3.05) is 18.1 Å². The number of hydrogen-bond donors (Lipinski definition) is 1. The van der Waals surface area contributed by atoms with Gasteiger partial charge in [0.1, 0.15) is 17.3 Å². The summed E-state index contributed by atoms with van der Waals surface area (Å²) in [5.41, 5.74) is 2.85. The highest BCUT2D eigenvalue weighted by molar-refractivity contribution is 7.22. The van der Waals surface area contributed by atoms with E-state index in [-0.39, 0.29) is 11.3 Å². The lowest BCUT2D eigenvalue weighted by Gasteiger charge is -2.23. The number of aliphatic hydroxyl groups excluding tert-OH is 1. The van der Waals surface area contributed by atoms with Crippen LogP contribution in [-0.2, 0) is 9.59 Å². The smallest absolute Gasteiger partial charge is 0.301 e. The number of Topliss-reactive ketones (excluding diaryl/α,β-unsaturated/α-hetero) is 1. The monoisotopic (exact) mass is 514 g/mol. The van der Waals surface area contributed by atoms with E-state index in [9.17, 15) is 14.7 Å². The fourth-order valence-electron chi connectivity index (χ4n) is 4.38. The van der Waals surface area contributed by atoms with E-state index in [4.69, 9.17) is 9.47 Å². The van der Waals surface area contributed by atoms with Gasteiger partial charge in [-0.15, -0.1) is 0 Å². The van der Waals surface area contributed by atoms with Gasteiger partial charge in [-0.25, -0.2) is 4.98 Å². The van der Waals surface area contributed by atoms with E-state index in [1.54, 1.807) is 36.4 Å². The van der Waals surface area contributed by atoms with E-state index in [0.29, 0.717) is 46.5 Å². The SMILES string of the molecule is CCOc1ccc(C2C(=C(O)c3ccc(C)cc3)C(=O)C(=O)N2c2nc3ccc(OCC)cc3s2)cc1. The molecule has 1 fully saturated rings. The lowest BCUT2D eigenvalue weighted by molar-refractivity contribution is -0.132. The Morgan fingerprint density at radius 2 is 1.59 bits per heavy atom. The van der Waals surface area contributed by atoms with E-state index in [1.165, 1.54) is 16.2 Å². The van der Waals surface area contributed by atoms with Gasteiger partial charge in [0.15, 0.2) is 5.13 Å². The zero-order chi connectivity index (χ0) is 26.1. The molecule has 0 radical (unpaired) electrons. The minimum absolute atomic E-state index is 0.0206. The summed E-state index contributed by atoms with van der Waals surface area (Å²) in [6, 6.07) is 19.0. The normalized spacial score (nSPS) is 16.9. The molecule has 1 amide bonds. The number of nitrogens with zero attached hydrogens (tertiary/aromatic N) is 2. The van der Waals surface area contributed by atoms with Crippen LogP contribution in [0.25, 0.3) is 16.0 Å². The van der Waals surface area contributed by atoms with Crippen LogP contribution in [0.3, 0.4) is 0 Å². The van der Waals surface area contributed by atoms with Crippen LogP contribution < -0.4 is 14.4 Å². The lowest BCUT2D eigenvalue weighted by Crippen LogP contribution is -2.29. The predicted molar refractivity (Wildman–Crippen MR) is 144 cm³/mol. The number of amides is 1. The van der Waals surface area contributed by atoms with E-state index in [0.717, 1.165) is 10.3 Å². The second kappa shape index (κ2) is 10.1. The minimum atomic E-state index is -0.857. The summed E-state index contributed by atoms with van der Waals surface area (Å²) in [4.78, 5) is 32.9. The molecule has 1 aliphatic heterocycles. The molecule has 0 bridgehead atoms. The molecule has 1 aromatic heterocycles. The van der Waals surface area contributed by atoms with Crippen molar-refractivity contribution in [3.63, 3.8) is 0 Å². The molecule has 3 aromatic carbocycles. The second-order valence-electron chi connectivity index (χ2n) is 8.60. The van der Waals surface area contributed by atoms with Crippen LogP contribution in [0.2, 0.25) is 0 Å². The van der Waals surface area contributed by atoms with Crippen LogP contribution in [0, 0.1) is 6.92 Å². The Labute approximate surface area is 218 Å². The molecular formula is C29H26N2O5S. The number of aromatic nitrogens is 1. The van der Waals surface area contributed by atoms with Gasteiger partial charge in [0, 0.05) is 5.56 Å². The van der Waals surface area contributed by atoms with E-state index < -0.39 is 17.7 Å². The van der Waals surface area contributed by atoms with Crippen molar-refractivity contribution in [1.29, 1.82) is 0 Å². The van der Waals surface area contributed by atoms with Crippen LogP contribution in [0.1, 0.15) is 36.6 Å². The number of fused-ring (bicyclic) bond motifs is 1. The molecule has 1 unspecified atom stereocenters. The number of aliphatic hydroxyl groups is 1. The Morgan fingerprint density at radius 3 is 2.27 bits per heavy atom. The first kappa shape index (κ1) is 24.5. The van der Waals surface area contributed by atoms with Crippen molar-refractivity contribution in [1.82, 2.24) is 4.98 Å². The van der Waals surface area contributed by atoms with Crippen LogP contribution in [0.4, 0.5) is 5.13 Å². The summed E-state index contributed by atoms with van der Waals surface area (Å²) >= 11 is 1.29. The zero-order valence-corrected chi connectivity index (χ0v) is 21.5. The molecule has 8 heteroatoms. The highest BCUT2D eigenvalue weighted by Gasteiger charge is 2.48. The molecule has 1 N–H and O–H groups in total. The summed E-state index contributed by atoms with van der Waals surface area (Å²) in [6.07, 6.45) is 0. The van der Waals surface area contributed by atoms with Gasteiger partial charge < -0.3 is 14.6 Å². The lowest BCUT2D eigenvalue weighted by atomic mass is 9.95. The van der Waals surface area contributed by atoms with Crippen LogP contribution in [0.5, 0.6) is 11.5 Å². The number of carbonyl (C=O) groups excluding carboxylic acids is 2. The van der Waals surface area contributed by atoms with Crippen molar-refractivity contribution in [3.05, 3.63) is 89.0 Å². The first-order valence-electron chi connectivity index (χ1n) is 12.1. The Morgan fingerprint density at radius 1 is 0.946 bits per heavy atom. The van der Waals surface area contributed by atoms with Crippen LogP contribution >= 0.6 is 11.3 Å². The summed E-state index contributed by atoms with van der Waals surface area (Å²) < 4.78 is 12.0. The van der Waals surface area contributed by atoms with Gasteiger partial charge in [0.25, 0.3) is 5.78 Å². The van der Waals surface area contributed by atoms with E-state index in [2.05, 4.69) is 4.98 Å². The largest absolute Gasteiger partial charge is 0.507 e. The van der Waals surface area contributed by atoms with Gasteiger partial charge in [-0.3, -0.25) is 14.5 Å². The first-order valence-corrected chi connectivity index (χ1v) is 12.9. The zero-order valence-electron chi connectivity index (χ0n) is 20.7. The third kappa shape index (κ3) is 4.56. The third-order valence-corrected chi connectivity index (χ3v) is 7.16. The van der Waals surface area contributed by atoms with Crippen molar-refractivity contribution in [2.24, 2.45) is 0 Å². The second-order valence-corrected chi connectivity index (χ2v) is 9.61. The minimum Gasteiger partial charge on any atom is -0.507 e. The maximum absolute atomic E-state index is 13.5. The van der Waals surface area contributed by atoms with Gasteiger partial charge in [0.05, 0.1) is 35.0 Å². The van der Waals surface area contributed by atoms with Gasteiger partial charge in [0.2, 0.25) is 0 Å². The van der Waals surface area contributed by atoms with E-state index in [1.807, 2.05) is 51.1 Å². The standard InChI is InChI=1S/C29H26N2O5S/c1-4-35-20-12-10-18(11-13-20)25-24(26(32)19-8-6-17(3)7-9-19)27(33)28(34)31(25)29-30-22-15-14-21(36-5-2)16-23(22)37-29/h6-16,25,32H,4-5H2,1-3H3. The number of hydrogen-bond acceptors (Lipinski definition) is 7. The molecule has 1 aliphatic rings. The molecule has 1 atom stereocenters. The fourth-order valence-corrected chi connectivity index (χ4v) is 5.40. The van der Waals surface area contributed by atoms with Gasteiger partial charge in [-0.2, -0.15) is 0 Å². The summed E-state index contributed by atoms with van der Waals surface area (Å²) in [7, 11) is 0. The summed E-state index contributed by atoms with van der Waals surface area (Å²) in [6.45, 7) is 6.79. The molecule has 0 spiro atoms. The van der Waals surface area contributed by atoms with Gasteiger partial charge in [-0.05, 0) is 56.7 Å². The Balaban J connectivity index is 1.67. The topological polar surface area (TPSA) is 89.0 Å². The Hall–Kier alpha value is -4.17. The molecule has 2 heterocycles. The number of ketones is 1. The van der Waals surface area contributed by atoms with Gasteiger partial charge in [-0.1, -0.05) is 53.3 Å². The number of anilines is 1. The van der Waals surface area contributed by atoms with Crippen molar-refractivity contribution < 1.29 is 24.2 Å². The van der Waals surface area contributed by atoms with Gasteiger partial charge >= 0.3 is 5.91 Å². The molecule has 7 nitrogen and oxygen atoms in total. The highest BCUT2D eigenvalue weighted by Crippen LogP contribution is 2.44. The number of rotatable bonds is 7. The van der Waals surface area contributed by atoms with Crippen molar-refractivity contribution in [2.45, 2.75) is 26.8 Å². The molecular weight excluding hydrogens is 488 g/mol. The number of thiazole rings is 1. The third-order valence-electron chi connectivity index (χ3n) is 6.14. The fraction of sp³-hybridized carbons (Fsp3) is 0.207. The molecule has 0 saturated carbocycles. The maximum atomic E-state index is 13.5. The van der Waals surface area contributed by atoms with Crippen molar-refractivity contribution >= 4 is 44.1 Å². The number of benzene rings is 3. The molecule has 4 aromatic rings. The number of aryl methyl sites for hydroxylation is 1. The number of ether oxygens (including phenoxy) is 2. The first-order chi connectivity index (χ1) is 17.9. The quantitative estimate of drug-likeness (QED) is 0.184. The van der Waals surface area contributed by atoms with Crippen LogP contribution in [-0.4, -0.2) is 35.0 Å². The van der Waals surface area contributed by atoms with Crippen molar-refractivity contribution in [3.8, 4) is 11.5 Å². The highest BCUT2D eigenvalue weighted by atomic mass is 32.1. The average Bonchev–Trinajstić information content (AvgIpc) is 3.43.